The van der Waals surface area contributed by atoms with Crippen LogP contribution in [-0.2, 0) is 27.4 Å². The highest BCUT2D eigenvalue weighted by molar-refractivity contribution is 7.90. The van der Waals surface area contributed by atoms with Gasteiger partial charge in [0.15, 0.2) is 26.1 Å². The number of fused-ring (bicyclic) bond motifs is 2. The molecular weight excluding hydrogens is 412 g/mol. The molecule has 3 aromatic rings. The largest absolute Gasteiger partial charge is 0.486 e. The molecule has 0 spiro atoms. The van der Waals surface area contributed by atoms with E-state index in [1.54, 1.807) is 28.8 Å². The van der Waals surface area contributed by atoms with Crippen LogP contribution < -0.4 is 14.3 Å². The lowest BCUT2D eigenvalue weighted by Gasteiger charge is -2.18. The van der Waals surface area contributed by atoms with Crippen LogP contribution in [0.3, 0.4) is 0 Å². The van der Waals surface area contributed by atoms with Gasteiger partial charge >= 0.3 is 0 Å². The van der Waals surface area contributed by atoms with Crippen LogP contribution in [0.2, 0.25) is 0 Å². The highest BCUT2D eigenvalue weighted by atomic mass is 32.2. The van der Waals surface area contributed by atoms with Gasteiger partial charge in [-0.25, -0.2) is 8.42 Å². The number of carbonyl (C=O) groups is 1. The van der Waals surface area contributed by atoms with Crippen LogP contribution in [0.4, 0.5) is 0 Å². The molecule has 0 unspecified atom stereocenters. The molecular formula is C20H20N2O5S2. The van der Waals surface area contributed by atoms with Gasteiger partial charge in [0.25, 0.3) is 0 Å². The van der Waals surface area contributed by atoms with Gasteiger partial charge in [-0.05, 0) is 5.56 Å². The number of sulfone groups is 1. The molecule has 2 heterocycles. The standard InChI is InChI=1S/C20H20N2O5S2/c1-22-15-11-16-17(27-9-8-26-16)12-18(15)28-20(22)21-19(23)7-10-29(24,25)13-14-5-3-2-4-6-14/h2-6,11-12H,7-10,13H2,1H3. The Morgan fingerprint density at radius 3 is 2.55 bits per heavy atom. The quantitative estimate of drug-likeness (QED) is 0.618. The van der Waals surface area contributed by atoms with E-state index in [2.05, 4.69) is 4.99 Å². The third kappa shape index (κ3) is 4.51. The number of carbonyl (C=O) groups excluding carboxylic acids is 1. The highest BCUT2D eigenvalue weighted by Gasteiger charge is 2.17. The Kier molecular flexibility index (Phi) is 5.42. The molecule has 0 aliphatic carbocycles. The van der Waals surface area contributed by atoms with Crippen molar-refractivity contribution in [2.24, 2.45) is 12.0 Å². The van der Waals surface area contributed by atoms with Crippen molar-refractivity contribution in [3.8, 4) is 11.5 Å². The summed E-state index contributed by atoms with van der Waals surface area (Å²) in [5.74, 6) is 0.580. The van der Waals surface area contributed by atoms with Gasteiger partial charge in [-0.15, -0.1) is 0 Å². The molecule has 0 saturated carbocycles. The first-order valence-electron chi connectivity index (χ1n) is 9.12. The van der Waals surface area contributed by atoms with Crippen molar-refractivity contribution in [3.63, 3.8) is 0 Å². The van der Waals surface area contributed by atoms with E-state index in [-0.39, 0.29) is 17.9 Å². The molecule has 1 aliphatic rings. The third-order valence-electron chi connectivity index (χ3n) is 4.55. The number of hydrogen-bond donors (Lipinski definition) is 0. The number of aryl methyl sites for hydroxylation is 1. The van der Waals surface area contributed by atoms with Crippen molar-refractivity contribution in [1.82, 2.24) is 4.57 Å². The van der Waals surface area contributed by atoms with Crippen LogP contribution in [0.15, 0.2) is 47.5 Å². The smallest absolute Gasteiger partial charge is 0.249 e. The third-order valence-corrected chi connectivity index (χ3v) is 7.24. The fourth-order valence-corrected chi connectivity index (χ4v) is 5.45. The van der Waals surface area contributed by atoms with E-state index in [0.717, 1.165) is 10.2 Å². The number of rotatable bonds is 5. The number of aromatic nitrogens is 1. The molecule has 2 aromatic carbocycles. The molecule has 4 rings (SSSR count). The number of thiazole rings is 1. The Balaban J connectivity index is 1.51. The van der Waals surface area contributed by atoms with Crippen LogP contribution in [-0.4, -0.2) is 37.9 Å². The first-order valence-corrected chi connectivity index (χ1v) is 11.8. The Hall–Kier alpha value is -2.65. The summed E-state index contributed by atoms with van der Waals surface area (Å²) in [6, 6.07) is 12.7. The van der Waals surface area contributed by atoms with Crippen molar-refractivity contribution in [1.29, 1.82) is 0 Å². The maximum Gasteiger partial charge on any atom is 0.249 e. The van der Waals surface area contributed by atoms with Gasteiger partial charge < -0.3 is 14.0 Å². The van der Waals surface area contributed by atoms with E-state index >= 15 is 0 Å². The minimum atomic E-state index is -3.39. The lowest BCUT2D eigenvalue weighted by atomic mass is 10.2. The molecule has 7 nitrogen and oxygen atoms in total. The maximum absolute atomic E-state index is 12.3. The molecule has 29 heavy (non-hydrogen) atoms. The minimum Gasteiger partial charge on any atom is -0.486 e. The van der Waals surface area contributed by atoms with E-state index in [9.17, 15) is 13.2 Å². The van der Waals surface area contributed by atoms with Crippen molar-refractivity contribution in [3.05, 3.63) is 52.8 Å². The van der Waals surface area contributed by atoms with Crippen LogP contribution >= 0.6 is 11.3 Å². The van der Waals surface area contributed by atoms with Crippen molar-refractivity contribution >= 4 is 37.3 Å². The molecule has 0 radical (unpaired) electrons. The van der Waals surface area contributed by atoms with E-state index in [0.29, 0.717) is 35.1 Å². The molecule has 1 amide bonds. The topological polar surface area (TPSA) is 87.0 Å². The van der Waals surface area contributed by atoms with E-state index in [1.165, 1.54) is 11.3 Å². The summed E-state index contributed by atoms with van der Waals surface area (Å²) in [6.45, 7) is 1.00. The van der Waals surface area contributed by atoms with Crippen LogP contribution in [0.25, 0.3) is 10.2 Å². The average Bonchev–Trinajstić information content (AvgIpc) is 3.00. The first-order chi connectivity index (χ1) is 13.9. The molecule has 1 aliphatic heterocycles. The number of nitrogens with zero attached hydrogens (tertiary/aromatic N) is 2. The number of hydrogen-bond acceptors (Lipinski definition) is 6. The van der Waals surface area contributed by atoms with Gasteiger partial charge in [-0.2, -0.15) is 4.99 Å². The molecule has 0 fully saturated rings. The Morgan fingerprint density at radius 2 is 1.83 bits per heavy atom. The summed E-state index contributed by atoms with van der Waals surface area (Å²) in [6.07, 6.45) is -0.147. The minimum absolute atomic E-state index is 0.0800. The molecule has 0 bridgehead atoms. The fraction of sp³-hybridized carbons (Fsp3) is 0.300. The first kappa shape index (κ1) is 19.7. The van der Waals surface area contributed by atoms with E-state index < -0.39 is 15.7 Å². The van der Waals surface area contributed by atoms with E-state index in [4.69, 9.17) is 9.47 Å². The van der Waals surface area contributed by atoms with Gasteiger partial charge in [0.1, 0.15) is 13.2 Å². The monoisotopic (exact) mass is 432 g/mol. The second-order valence-electron chi connectivity index (χ2n) is 6.74. The summed E-state index contributed by atoms with van der Waals surface area (Å²) in [4.78, 5) is 16.9. The summed E-state index contributed by atoms with van der Waals surface area (Å²) >= 11 is 1.35. The zero-order chi connectivity index (χ0) is 20.4. The van der Waals surface area contributed by atoms with Gasteiger partial charge in [0.05, 0.1) is 21.7 Å². The Labute approximate surface area is 172 Å². The van der Waals surface area contributed by atoms with Crippen LogP contribution in [0.5, 0.6) is 11.5 Å². The number of ether oxygens (including phenoxy) is 2. The predicted octanol–water partition coefficient (Wildman–Crippen LogP) is 2.44. The Morgan fingerprint density at radius 1 is 1.14 bits per heavy atom. The highest BCUT2D eigenvalue weighted by Crippen LogP contribution is 2.35. The van der Waals surface area contributed by atoms with Gasteiger partial charge in [0, 0.05) is 25.6 Å². The van der Waals surface area contributed by atoms with Crippen molar-refractivity contribution in [2.45, 2.75) is 12.2 Å². The fourth-order valence-electron chi connectivity index (χ4n) is 3.08. The molecule has 152 valence electrons. The van der Waals surface area contributed by atoms with Gasteiger partial charge in [-0.1, -0.05) is 41.7 Å². The predicted molar refractivity (Wildman–Crippen MR) is 111 cm³/mol. The SMILES string of the molecule is Cn1c(=NC(=O)CCS(=O)(=O)Cc2ccccc2)sc2cc3c(cc21)OCCO3. The van der Waals surface area contributed by atoms with E-state index in [1.807, 2.05) is 25.2 Å². The average molecular weight is 433 g/mol. The van der Waals surface area contributed by atoms with Gasteiger partial charge in [0.2, 0.25) is 5.91 Å². The second kappa shape index (κ2) is 8.00. The lowest BCUT2D eigenvalue weighted by molar-refractivity contribution is -0.117. The molecule has 0 saturated heterocycles. The normalized spacial score (nSPS) is 14.3. The molecule has 1 aromatic heterocycles. The molecule has 0 N–H and O–H groups in total. The van der Waals surface area contributed by atoms with Gasteiger partial charge in [-0.3, -0.25) is 4.79 Å². The second-order valence-corrected chi connectivity index (χ2v) is 9.93. The summed E-state index contributed by atoms with van der Waals surface area (Å²) in [5.41, 5.74) is 1.59. The zero-order valence-electron chi connectivity index (χ0n) is 15.8. The van der Waals surface area contributed by atoms with Crippen LogP contribution in [0.1, 0.15) is 12.0 Å². The lowest BCUT2D eigenvalue weighted by Crippen LogP contribution is -2.17. The summed E-state index contributed by atoms with van der Waals surface area (Å²) in [7, 11) is -1.57. The summed E-state index contributed by atoms with van der Waals surface area (Å²) < 4.78 is 38.5. The summed E-state index contributed by atoms with van der Waals surface area (Å²) in [5, 5.41) is 0. The van der Waals surface area contributed by atoms with Crippen molar-refractivity contribution < 1.29 is 22.7 Å². The van der Waals surface area contributed by atoms with Crippen molar-refractivity contribution in [2.75, 3.05) is 19.0 Å². The number of amides is 1. The zero-order valence-corrected chi connectivity index (χ0v) is 17.5. The Bertz CT molecular complexity index is 1230. The maximum atomic E-state index is 12.3. The number of benzene rings is 2. The molecule has 9 heteroatoms. The molecule has 0 atom stereocenters. The van der Waals surface area contributed by atoms with Crippen LogP contribution in [0, 0.1) is 0 Å².